The third-order valence-corrected chi connectivity index (χ3v) is 3.51. The zero-order valence-corrected chi connectivity index (χ0v) is 10.2. The minimum Gasteiger partial charge on any atom is -0.478 e. The molecule has 1 N–H and O–H groups in total. The van der Waals surface area contributed by atoms with Crippen molar-refractivity contribution in [3.63, 3.8) is 0 Å². The van der Waals surface area contributed by atoms with Crippen LogP contribution < -0.4 is 10.1 Å². The molecule has 1 aromatic rings. The lowest BCUT2D eigenvalue weighted by Gasteiger charge is -2.18. The van der Waals surface area contributed by atoms with E-state index in [2.05, 4.69) is 15.3 Å². The van der Waals surface area contributed by atoms with Gasteiger partial charge < -0.3 is 10.1 Å². The second kappa shape index (κ2) is 4.51. The van der Waals surface area contributed by atoms with Gasteiger partial charge in [-0.15, -0.1) is 0 Å². The van der Waals surface area contributed by atoms with Crippen molar-refractivity contribution in [2.75, 3.05) is 11.9 Å². The van der Waals surface area contributed by atoms with Gasteiger partial charge in [-0.1, -0.05) is 0 Å². The Balaban J connectivity index is 1.67. The second-order valence-electron chi connectivity index (χ2n) is 5.02. The first-order valence-corrected chi connectivity index (χ1v) is 6.58. The van der Waals surface area contributed by atoms with Gasteiger partial charge in [0.05, 0.1) is 6.61 Å². The monoisotopic (exact) mass is 233 g/mol. The van der Waals surface area contributed by atoms with Gasteiger partial charge in [0.2, 0.25) is 5.88 Å². The predicted molar refractivity (Wildman–Crippen MR) is 66.1 cm³/mol. The Hall–Kier alpha value is -1.32. The van der Waals surface area contributed by atoms with Crippen molar-refractivity contribution >= 4 is 5.82 Å². The maximum atomic E-state index is 5.39. The van der Waals surface area contributed by atoms with Crippen LogP contribution in [0.25, 0.3) is 0 Å². The van der Waals surface area contributed by atoms with E-state index in [0.717, 1.165) is 17.7 Å². The molecule has 0 aliphatic heterocycles. The van der Waals surface area contributed by atoms with Crippen LogP contribution in [0.5, 0.6) is 5.88 Å². The average Bonchev–Trinajstić information content (AvgIpc) is 3.19. The molecule has 4 heteroatoms. The molecule has 2 saturated carbocycles. The second-order valence-corrected chi connectivity index (χ2v) is 5.02. The molecule has 0 unspecified atom stereocenters. The quantitative estimate of drug-likeness (QED) is 0.820. The average molecular weight is 233 g/mol. The van der Waals surface area contributed by atoms with Crippen molar-refractivity contribution in [3.8, 4) is 5.88 Å². The standard InChI is InChI=1S/C13H19N3O/c1-2-17-12-7-11(14-8-15-12)16-13(9-3-4-9)10-5-6-10/h7-10,13H,2-6H2,1H3,(H,14,15,16). The van der Waals surface area contributed by atoms with E-state index >= 15 is 0 Å². The van der Waals surface area contributed by atoms with Crippen LogP contribution in [0.2, 0.25) is 0 Å². The molecule has 2 aliphatic rings. The van der Waals surface area contributed by atoms with Crippen molar-refractivity contribution in [2.45, 2.75) is 38.6 Å². The Morgan fingerprint density at radius 2 is 2.00 bits per heavy atom. The molecule has 0 amide bonds. The number of anilines is 1. The first-order valence-electron chi connectivity index (χ1n) is 6.58. The van der Waals surface area contributed by atoms with Crippen LogP contribution >= 0.6 is 0 Å². The van der Waals surface area contributed by atoms with Gasteiger partial charge in [-0.25, -0.2) is 9.97 Å². The highest BCUT2D eigenvalue weighted by atomic mass is 16.5. The van der Waals surface area contributed by atoms with E-state index in [1.165, 1.54) is 25.7 Å². The lowest BCUT2D eigenvalue weighted by atomic mass is 10.1. The SMILES string of the molecule is CCOc1cc(NC(C2CC2)C2CC2)ncn1. The minimum absolute atomic E-state index is 0.624. The largest absolute Gasteiger partial charge is 0.478 e. The van der Waals surface area contributed by atoms with Crippen LogP contribution in [0.1, 0.15) is 32.6 Å². The van der Waals surface area contributed by atoms with Gasteiger partial charge in [-0.2, -0.15) is 0 Å². The van der Waals surface area contributed by atoms with Crippen LogP contribution in [0.3, 0.4) is 0 Å². The summed E-state index contributed by atoms with van der Waals surface area (Å²) in [6.07, 6.45) is 7.06. The number of rotatable bonds is 6. The van der Waals surface area contributed by atoms with E-state index in [9.17, 15) is 0 Å². The molecule has 17 heavy (non-hydrogen) atoms. The molecule has 4 nitrogen and oxygen atoms in total. The first-order chi connectivity index (χ1) is 8.36. The molecule has 0 atom stereocenters. The normalized spacial score (nSPS) is 19.4. The van der Waals surface area contributed by atoms with E-state index in [0.29, 0.717) is 18.5 Å². The number of hydrogen-bond donors (Lipinski definition) is 1. The molecule has 0 radical (unpaired) electrons. The highest BCUT2D eigenvalue weighted by molar-refractivity contribution is 5.39. The topological polar surface area (TPSA) is 47.0 Å². The number of nitrogens with zero attached hydrogens (tertiary/aromatic N) is 2. The van der Waals surface area contributed by atoms with Gasteiger partial charge in [0.25, 0.3) is 0 Å². The fourth-order valence-electron chi connectivity index (χ4n) is 2.35. The minimum atomic E-state index is 0.624. The zero-order chi connectivity index (χ0) is 11.7. The zero-order valence-electron chi connectivity index (χ0n) is 10.2. The Kier molecular flexibility index (Phi) is 2.87. The fraction of sp³-hybridized carbons (Fsp3) is 0.692. The molecule has 0 saturated heterocycles. The van der Waals surface area contributed by atoms with Crippen LogP contribution in [-0.2, 0) is 0 Å². The van der Waals surface area contributed by atoms with Crippen LogP contribution in [0.15, 0.2) is 12.4 Å². The van der Waals surface area contributed by atoms with E-state index in [1.54, 1.807) is 6.33 Å². The fourth-order valence-corrected chi connectivity index (χ4v) is 2.35. The summed E-state index contributed by atoms with van der Waals surface area (Å²) in [5.41, 5.74) is 0. The van der Waals surface area contributed by atoms with Gasteiger partial charge in [-0.3, -0.25) is 0 Å². The van der Waals surface area contributed by atoms with E-state index in [1.807, 2.05) is 13.0 Å². The summed E-state index contributed by atoms with van der Waals surface area (Å²) in [5, 5.41) is 3.57. The highest BCUT2D eigenvalue weighted by Gasteiger charge is 2.41. The van der Waals surface area contributed by atoms with E-state index < -0.39 is 0 Å². The van der Waals surface area contributed by atoms with Gasteiger partial charge in [0, 0.05) is 12.1 Å². The number of hydrogen-bond acceptors (Lipinski definition) is 4. The number of ether oxygens (including phenoxy) is 1. The van der Waals surface area contributed by atoms with Crippen LogP contribution in [0.4, 0.5) is 5.82 Å². The molecular formula is C13H19N3O. The molecule has 3 rings (SSSR count). The molecule has 1 heterocycles. The van der Waals surface area contributed by atoms with Gasteiger partial charge >= 0.3 is 0 Å². The molecule has 2 fully saturated rings. The van der Waals surface area contributed by atoms with Gasteiger partial charge in [-0.05, 0) is 44.4 Å². The maximum Gasteiger partial charge on any atom is 0.218 e. The summed E-state index contributed by atoms with van der Waals surface area (Å²) < 4.78 is 5.39. The molecule has 0 aromatic carbocycles. The first kappa shape index (κ1) is 10.8. The summed E-state index contributed by atoms with van der Waals surface area (Å²) in [6, 6.07) is 2.53. The summed E-state index contributed by atoms with van der Waals surface area (Å²) in [6.45, 7) is 2.61. The molecule has 92 valence electrons. The lowest BCUT2D eigenvalue weighted by molar-refractivity contribution is 0.326. The summed E-state index contributed by atoms with van der Waals surface area (Å²) in [4.78, 5) is 8.36. The van der Waals surface area contributed by atoms with Gasteiger partial charge in [0.1, 0.15) is 12.1 Å². The molecular weight excluding hydrogens is 214 g/mol. The molecule has 0 bridgehead atoms. The van der Waals surface area contributed by atoms with E-state index in [-0.39, 0.29) is 0 Å². The van der Waals surface area contributed by atoms with Crippen molar-refractivity contribution in [1.29, 1.82) is 0 Å². The Labute approximate surface area is 102 Å². The Morgan fingerprint density at radius 1 is 1.29 bits per heavy atom. The predicted octanol–water partition coefficient (Wildman–Crippen LogP) is 2.48. The third-order valence-electron chi connectivity index (χ3n) is 3.51. The van der Waals surface area contributed by atoms with E-state index in [4.69, 9.17) is 4.74 Å². The van der Waals surface area contributed by atoms with Crippen LogP contribution in [0, 0.1) is 11.8 Å². The van der Waals surface area contributed by atoms with Crippen molar-refractivity contribution in [1.82, 2.24) is 9.97 Å². The lowest BCUT2D eigenvalue weighted by Crippen LogP contribution is -2.24. The van der Waals surface area contributed by atoms with Gasteiger partial charge in [0.15, 0.2) is 0 Å². The summed E-state index contributed by atoms with van der Waals surface area (Å²) in [5.74, 6) is 3.31. The number of nitrogens with one attached hydrogen (secondary N) is 1. The molecule has 2 aliphatic carbocycles. The van der Waals surface area contributed by atoms with Crippen LogP contribution in [-0.4, -0.2) is 22.6 Å². The Morgan fingerprint density at radius 3 is 2.59 bits per heavy atom. The maximum absolute atomic E-state index is 5.39. The molecule has 0 spiro atoms. The third kappa shape index (κ3) is 2.68. The summed E-state index contributed by atoms with van der Waals surface area (Å²) >= 11 is 0. The van der Waals surface area contributed by atoms with Crippen molar-refractivity contribution < 1.29 is 4.74 Å². The summed E-state index contributed by atoms with van der Waals surface area (Å²) in [7, 11) is 0. The van der Waals surface area contributed by atoms with Crippen molar-refractivity contribution in [2.24, 2.45) is 11.8 Å². The molecule has 1 aromatic heterocycles. The Bertz CT molecular complexity index is 376. The van der Waals surface area contributed by atoms with Crippen molar-refractivity contribution in [3.05, 3.63) is 12.4 Å². The smallest absolute Gasteiger partial charge is 0.218 e. The highest BCUT2D eigenvalue weighted by Crippen LogP contribution is 2.45. The number of aromatic nitrogens is 2.